The van der Waals surface area contributed by atoms with Gasteiger partial charge in [-0.1, -0.05) is 49.4 Å². The van der Waals surface area contributed by atoms with Crippen LogP contribution in [0.1, 0.15) is 37.0 Å². The van der Waals surface area contributed by atoms with Crippen LogP contribution in [0.3, 0.4) is 0 Å². The predicted molar refractivity (Wildman–Crippen MR) is 105 cm³/mol. The normalized spacial score (nSPS) is 23.6. The van der Waals surface area contributed by atoms with E-state index in [1.807, 2.05) is 19.9 Å². The van der Waals surface area contributed by atoms with Gasteiger partial charge in [0, 0.05) is 11.3 Å². The van der Waals surface area contributed by atoms with E-state index in [-0.39, 0.29) is 28.3 Å². The second-order valence-corrected chi connectivity index (χ2v) is 9.12. The largest absolute Gasteiger partial charge is 0.459 e. The van der Waals surface area contributed by atoms with Gasteiger partial charge in [0.15, 0.2) is 9.84 Å². The molecule has 0 saturated heterocycles. The highest BCUT2D eigenvalue weighted by atomic mass is 32.2. The summed E-state index contributed by atoms with van der Waals surface area (Å²) in [5, 5.41) is 1.29. The fourth-order valence-corrected chi connectivity index (χ4v) is 4.75. The molecular formula is C22H24O4S. The number of allylic oxidation sites excluding steroid dienone is 1. The number of rotatable bonds is 6. The van der Waals surface area contributed by atoms with Crippen LogP contribution in [0.15, 0.2) is 77.0 Å². The Labute approximate surface area is 160 Å². The molecule has 1 aliphatic carbocycles. The van der Waals surface area contributed by atoms with E-state index >= 15 is 0 Å². The number of sulfone groups is 1. The van der Waals surface area contributed by atoms with Crippen LogP contribution in [-0.4, -0.2) is 20.5 Å². The lowest BCUT2D eigenvalue weighted by Crippen LogP contribution is -2.44. The monoisotopic (exact) mass is 384 g/mol. The summed E-state index contributed by atoms with van der Waals surface area (Å²) in [5.74, 6) is -0.259. The van der Waals surface area contributed by atoms with Crippen molar-refractivity contribution in [1.82, 2.24) is 0 Å². The molecule has 0 spiro atoms. The first-order valence-corrected chi connectivity index (χ1v) is 10.6. The minimum absolute atomic E-state index is 0.0902. The van der Waals surface area contributed by atoms with E-state index < -0.39 is 9.84 Å². The average molecular weight is 384 g/mol. The minimum atomic E-state index is -3.47. The third-order valence-electron chi connectivity index (χ3n) is 5.41. The lowest BCUT2D eigenvalue weighted by atomic mass is 9.59. The van der Waals surface area contributed by atoms with Crippen LogP contribution in [0.25, 0.3) is 0 Å². The summed E-state index contributed by atoms with van der Waals surface area (Å²) in [6.07, 6.45) is 3.23. The van der Waals surface area contributed by atoms with Gasteiger partial charge in [0.1, 0.15) is 6.10 Å². The molecule has 3 atom stereocenters. The van der Waals surface area contributed by atoms with Crippen molar-refractivity contribution in [3.8, 4) is 0 Å². The molecular weight excluding hydrogens is 360 g/mol. The van der Waals surface area contributed by atoms with E-state index in [2.05, 4.69) is 0 Å². The molecule has 27 heavy (non-hydrogen) atoms. The molecule has 1 aliphatic rings. The molecule has 142 valence electrons. The molecule has 2 aromatic rings. The molecule has 0 N–H and O–H groups in total. The Morgan fingerprint density at radius 1 is 1.11 bits per heavy atom. The maximum atomic E-state index is 12.5. The van der Waals surface area contributed by atoms with Crippen molar-refractivity contribution >= 4 is 15.8 Å². The van der Waals surface area contributed by atoms with Crippen LogP contribution < -0.4 is 0 Å². The van der Waals surface area contributed by atoms with E-state index in [1.165, 1.54) is 5.41 Å². The third-order valence-corrected chi connectivity index (χ3v) is 6.83. The Hall–Kier alpha value is -2.40. The summed E-state index contributed by atoms with van der Waals surface area (Å²) in [6, 6.07) is 17.3. The van der Waals surface area contributed by atoms with Crippen molar-refractivity contribution in [2.75, 3.05) is 0 Å². The second kappa shape index (κ2) is 7.69. The Morgan fingerprint density at radius 2 is 1.70 bits per heavy atom. The first-order valence-electron chi connectivity index (χ1n) is 9.07. The Kier molecular flexibility index (Phi) is 5.51. The van der Waals surface area contributed by atoms with Crippen LogP contribution in [0.4, 0.5) is 0 Å². The SMILES string of the molecule is CC(OC(=O)c1ccccc1)[C@@H]1CC[C@]1(C)/C=C/S(=O)(=O)c1ccccc1. The smallest absolute Gasteiger partial charge is 0.338 e. The summed E-state index contributed by atoms with van der Waals surface area (Å²) < 4.78 is 30.6. The zero-order chi connectivity index (χ0) is 19.5. The molecule has 1 fully saturated rings. The lowest BCUT2D eigenvalue weighted by molar-refractivity contribution is -0.0353. The molecule has 3 rings (SSSR count). The maximum Gasteiger partial charge on any atom is 0.338 e. The van der Waals surface area contributed by atoms with Gasteiger partial charge in [0.2, 0.25) is 0 Å². The summed E-state index contributed by atoms with van der Waals surface area (Å²) in [5.41, 5.74) is 0.214. The molecule has 5 heteroatoms. The van der Waals surface area contributed by atoms with Crippen LogP contribution >= 0.6 is 0 Å². The number of carbonyl (C=O) groups excluding carboxylic acids is 1. The maximum absolute atomic E-state index is 12.5. The average Bonchev–Trinajstić information content (AvgIpc) is 2.66. The number of hydrogen-bond acceptors (Lipinski definition) is 4. The van der Waals surface area contributed by atoms with E-state index in [0.717, 1.165) is 12.8 Å². The zero-order valence-electron chi connectivity index (χ0n) is 15.5. The fourth-order valence-electron chi connectivity index (χ4n) is 3.57. The Morgan fingerprint density at radius 3 is 2.26 bits per heavy atom. The quantitative estimate of drug-likeness (QED) is 0.681. The number of benzene rings is 2. The standard InChI is InChI=1S/C22H24O4S/c1-17(26-21(23)18-9-5-3-6-10-18)20-13-14-22(20,2)15-16-27(24,25)19-11-7-4-8-12-19/h3-12,15-17,20H,13-14H2,1-2H3/b16-15+/t17?,20-,22+/m0/s1. The van der Waals surface area contributed by atoms with Gasteiger partial charge in [-0.2, -0.15) is 0 Å². The van der Waals surface area contributed by atoms with Crippen molar-refractivity contribution in [3.05, 3.63) is 77.7 Å². The highest BCUT2D eigenvalue weighted by molar-refractivity contribution is 7.94. The molecule has 0 bridgehead atoms. The summed E-state index contributed by atoms with van der Waals surface area (Å²) in [7, 11) is -3.47. The van der Waals surface area contributed by atoms with Crippen molar-refractivity contribution in [1.29, 1.82) is 0 Å². The second-order valence-electron chi connectivity index (χ2n) is 7.29. The zero-order valence-corrected chi connectivity index (χ0v) is 16.4. The van der Waals surface area contributed by atoms with E-state index in [4.69, 9.17) is 4.74 Å². The molecule has 4 nitrogen and oxygen atoms in total. The molecule has 0 aromatic heterocycles. The van der Waals surface area contributed by atoms with E-state index in [9.17, 15) is 13.2 Å². The number of hydrogen-bond donors (Lipinski definition) is 0. The highest BCUT2D eigenvalue weighted by Gasteiger charge is 2.45. The van der Waals surface area contributed by atoms with Crippen molar-refractivity contribution in [3.63, 3.8) is 0 Å². The van der Waals surface area contributed by atoms with Gasteiger partial charge in [-0.25, -0.2) is 13.2 Å². The van der Waals surface area contributed by atoms with Gasteiger partial charge in [-0.3, -0.25) is 0 Å². The van der Waals surface area contributed by atoms with Gasteiger partial charge in [0.05, 0.1) is 10.5 Å². The van der Waals surface area contributed by atoms with E-state index in [1.54, 1.807) is 60.7 Å². The van der Waals surface area contributed by atoms with Crippen molar-refractivity contribution < 1.29 is 17.9 Å². The molecule has 1 saturated carbocycles. The topological polar surface area (TPSA) is 60.4 Å². The summed E-state index contributed by atoms with van der Waals surface area (Å²) in [4.78, 5) is 12.6. The van der Waals surface area contributed by atoms with Gasteiger partial charge in [0.25, 0.3) is 0 Å². The molecule has 0 amide bonds. The number of esters is 1. The Bertz CT molecular complexity index is 919. The molecule has 1 unspecified atom stereocenters. The number of carbonyl (C=O) groups is 1. The fraction of sp³-hybridized carbons (Fsp3) is 0.318. The van der Waals surface area contributed by atoms with Crippen LogP contribution in [0.5, 0.6) is 0 Å². The summed E-state index contributed by atoms with van der Waals surface area (Å²) >= 11 is 0. The third kappa shape index (κ3) is 4.30. The molecule has 2 aromatic carbocycles. The van der Waals surface area contributed by atoms with Gasteiger partial charge >= 0.3 is 5.97 Å². The van der Waals surface area contributed by atoms with Crippen molar-refractivity contribution in [2.45, 2.75) is 37.7 Å². The van der Waals surface area contributed by atoms with E-state index in [0.29, 0.717) is 5.56 Å². The first kappa shape index (κ1) is 19.4. The van der Waals surface area contributed by atoms with Gasteiger partial charge < -0.3 is 4.74 Å². The lowest BCUT2D eigenvalue weighted by Gasteiger charge is -2.47. The highest BCUT2D eigenvalue weighted by Crippen LogP contribution is 2.50. The number of ether oxygens (including phenoxy) is 1. The van der Waals surface area contributed by atoms with Crippen LogP contribution in [0.2, 0.25) is 0 Å². The predicted octanol–water partition coefficient (Wildman–Crippen LogP) is 4.64. The first-order chi connectivity index (χ1) is 12.8. The van der Waals surface area contributed by atoms with Crippen LogP contribution in [-0.2, 0) is 14.6 Å². The minimum Gasteiger partial charge on any atom is -0.459 e. The van der Waals surface area contributed by atoms with Crippen LogP contribution in [0, 0.1) is 11.3 Å². The van der Waals surface area contributed by atoms with Gasteiger partial charge in [-0.15, -0.1) is 0 Å². The molecule has 0 radical (unpaired) electrons. The summed E-state index contributed by atoms with van der Waals surface area (Å²) in [6.45, 7) is 3.90. The van der Waals surface area contributed by atoms with Gasteiger partial charge in [-0.05, 0) is 49.4 Å². The molecule has 0 heterocycles. The Balaban J connectivity index is 1.69. The van der Waals surface area contributed by atoms with Crippen molar-refractivity contribution in [2.24, 2.45) is 11.3 Å². The molecule has 0 aliphatic heterocycles.